The van der Waals surface area contributed by atoms with Crippen LogP contribution in [-0.4, -0.2) is 47.0 Å². The summed E-state index contributed by atoms with van der Waals surface area (Å²) in [5, 5.41) is 5.80. The number of carbonyl (C=O) groups is 3. The van der Waals surface area contributed by atoms with E-state index in [0.29, 0.717) is 6.54 Å². The molecule has 0 radical (unpaired) electrons. The molecule has 0 spiro atoms. The van der Waals surface area contributed by atoms with Gasteiger partial charge in [-0.3, -0.25) is 9.59 Å². The Morgan fingerprint density at radius 3 is 2.17 bits per heavy atom. The molecule has 35 heavy (non-hydrogen) atoms. The second-order valence-corrected chi connectivity index (χ2v) is 10.9. The van der Waals surface area contributed by atoms with E-state index in [1.165, 1.54) is 0 Å². The second-order valence-electron chi connectivity index (χ2n) is 10.9. The van der Waals surface area contributed by atoms with Gasteiger partial charge in [-0.05, 0) is 77.5 Å². The van der Waals surface area contributed by atoms with Gasteiger partial charge in [-0.1, -0.05) is 51.8 Å². The Labute approximate surface area is 212 Å². The second kappa shape index (κ2) is 13.5. The van der Waals surface area contributed by atoms with E-state index >= 15 is 0 Å². The average Bonchev–Trinajstić information content (AvgIpc) is 2.73. The van der Waals surface area contributed by atoms with Gasteiger partial charge < -0.3 is 20.3 Å². The first-order valence-corrected chi connectivity index (χ1v) is 12.9. The van der Waals surface area contributed by atoms with Gasteiger partial charge in [0.1, 0.15) is 17.7 Å². The van der Waals surface area contributed by atoms with Crippen LogP contribution < -0.4 is 10.6 Å². The maximum Gasteiger partial charge on any atom is 0.408 e. The van der Waals surface area contributed by atoms with Gasteiger partial charge in [0.2, 0.25) is 11.8 Å². The van der Waals surface area contributed by atoms with Crippen LogP contribution in [0, 0.1) is 19.8 Å². The van der Waals surface area contributed by atoms with Gasteiger partial charge in [0.25, 0.3) is 0 Å². The quantitative estimate of drug-likeness (QED) is 0.405. The molecule has 0 saturated carbocycles. The summed E-state index contributed by atoms with van der Waals surface area (Å²) < 4.78 is 5.41. The monoisotopic (exact) mass is 489 g/mol. The summed E-state index contributed by atoms with van der Waals surface area (Å²) >= 11 is 0. The molecular weight excluding hydrogens is 442 g/mol. The maximum atomic E-state index is 14.0. The number of amides is 3. The van der Waals surface area contributed by atoms with Crippen molar-refractivity contribution < 1.29 is 19.1 Å². The highest BCUT2D eigenvalue weighted by molar-refractivity contribution is 5.92. The lowest BCUT2D eigenvalue weighted by Crippen LogP contribution is -2.56. The predicted molar refractivity (Wildman–Crippen MR) is 141 cm³/mol. The summed E-state index contributed by atoms with van der Waals surface area (Å²) in [7, 11) is 0. The molecule has 7 heteroatoms. The number of ether oxygens (including phenoxy) is 1. The van der Waals surface area contributed by atoms with E-state index < -0.39 is 23.8 Å². The van der Waals surface area contributed by atoms with Crippen molar-refractivity contribution in [2.75, 3.05) is 6.54 Å². The first-order valence-electron chi connectivity index (χ1n) is 12.9. The third kappa shape index (κ3) is 9.19. The SMILES string of the molecule is CCCCCNC(=O)C(c1cccc(C)c1C)N(C(=O)C(NC(=O)OC(C)(C)C)C(C)C)C(C)C. The molecule has 0 heterocycles. The zero-order valence-corrected chi connectivity index (χ0v) is 23.5. The first-order chi connectivity index (χ1) is 16.2. The zero-order chi connectivity index (χ0) is 26.9. The normalized spacial score (nSPS) is 13.4. The van der Waals surface area contributed by atoms with Gasteiger partial charge >= 0.3 is 6.09 Å². The molecule has 0 bridgehead atoms. The van der Waals surface area contributed by atoms with Crippen molar-refractivity contribution in [3.8, 4) is 0 Å². The van der Waals surface area contributed by atoms with Crippen LogP contribution in [0.15, 0.2) is 18.2 Å². The molecule has 2 unspecified atom stereocenters. The number of aryl methyl sites for hydroxylation is 1. The van der Waals surface area contributed by atoms with Crippen molar-refractivity contribution in [2.45, 2.75) is 112 Å². The summed E-state index contributed by atoms with van der Waals surface area (Å²) in [6, 6.07) is 3.88. The molecule has 0 aliphatic heterocycles. The van der Waals surface area contributed by atoms with Crippen LogP contribution >= 0.6 is 0 Å². The number of hydrogen-bond acceptors (Lipinski definition) is 4. The Morgan fingerprint density at radius 1 is 1.03 bits per heavy atom. The van der Waals surface area contributed by atoms with Crippen molar-refractivity contribution in [3.63, 3.8) is 0 Å². The fourth-order valence-electron chi connectivity index (χ4n) is 3.96. The summed E-state index contributed by atoms with van der Waals surface area (Å²) in [6.07, 6.45) is 2.31. The molecule has 1 aromatic carbocycles. The van der Waals surface area contributed by atoms with Gasteiger partial charge in [-0.2, -0.15) is 0 Å². The number of alkyl carbamates (subject to hydrolysis) is 1. The molecule has 0 aliphatic carbocycles. The number of nitrogens with zero attached hydrogens (tertiary/aromatic N) is 1. The van der Waals surface area contributed by atoms with Crippen molar-refractivity contribution in [2.24, 2.45) is 5.92 Å². The number of benzene rings is 1. The standard InChI is InChI=1S/C28H47N3O4/c1-11-12-13-17-29-25(32)24(22-16-14-15-20(6)21(22)7)31(19(4)5)26(33)23(18(2)3)30-27(34)35-28(8,9)10/h14-16,18-19,23-24H,11-13,17H2,1-10H3,(H,29,32)(H,30,34). The van der Waals surface area contributed by atoms with E-state index in [2.05, 4.69) is 17.6 Å². The Bertz CT molecular complexity index is 858. The Hall–Kier alpha value is -2.57. The summed E-state index contributed by atoms with van der Waals surface area (Å²) in [4.78, 5) is 41.8. The first kappa shape index (κ1) is 30.5. The van der Waals surface area contributed by atoms with Gasteiger partial charge in [0.15, 0.2) is 0 Å². The minimum Gasteiger partial charge on any atom is -0.444 e. The molecule has 198 valence electrons. The van der Waals surface area contributed by atoms with Gasteiger partial charge in [-0.25, -0.2) is 4.79 Å². The van der Waals surface area contributed by atoms with Crippen LogP contribution in [-0.2, 0) is 14.3 Å². The highest BCUT2D eigenvalue weighted by atomic mass is 16.6. The van der Waals surface area contributed by atoms with Crippen molar-refractivity contribution in [1.82, 2.24) is 15.5 Å². The van der Waals surface area contributed by atoms with Crippen molar-refractivity contribution in [3.05, 3.63) is 34.9 Å². The molecule has 2 N–H and O–H groups in total. The van der Waals surface area contributed by atoms with E-state index in [0.717, 1.165) is 36.0 Å². The van der Waals surface area contributed by atoms with E-state index in [9.17, 15) is 14.4 Å². The lowest BCUT2D eigenvalue weighted by molar-refractivity contribution is -0.145. The lowest BCUT2D eigenvalue weighted by Gasteiger charge is -2.38. The molecule has 2 atom stereocenters. The Balaban J connectivity index is 3.44. The van der Waals surface area contributed by atoms with E-state index in [1.54, 1.807) is 25.7 Å². The molecule has 0 aromatic heterocycles. The molecule has 0 aliphatic rings. The minimum absolute atomic E-state index is 0.205. The van der Waals surface area contributed by atoms with Crippen LogP contribution in [0.4, 0.5) is 4.79 Å². The average molecular weight is 490 g/mol. The van der Waals surface area contributed by atoms with Gasteiger partial charge in [-0.15, -0.1) is 0 Å². The molecule has 3 amide bonds. The van der Waals surface area contributed by atoms with Crippen LogP contribution in [0.5, 0.6) is 0 Å². The topological polar surface area (TPSA) is 87.7 Å². The third-order valence-electron chi connectivity index (χ3n) is 5.96. The molecule has 7 nitrogen and oxygen atoms in total. The van der Waals surface area contributed by atoms with E-state index in [1.807, 2.05) is 59.7 Å². The minimum atomic E-state index is -0.840. The maximum absolute atomic E-state index is 14.0. The number of hydrogen-bond donors (Lipinski definition) is 2. The smallest absolute Gasteiger partial charge is 0.408 e. The van der Waals surface area contributed by atoms with E-state index in [-0.39, 0.29) is 23.8 Å². The van der Waals surface area contributed by atoms with Crippen molar-refractivity contribution >= 4 is 17.9 Å². The number of nitrogens with one attached hydrogen (secondary N) is 2. The third-order valence-corrected chi connectivity index (χ3v) is 5.96. The fourth-order valence-corrected chi connectivity index (χ4v) is 3.96. The number of rotatable bonds is 11. The summed E-state index contributed by atoms with van der Waals surface area (Å²) in [6.45, 7) is 19.5. The lowest BCUT2D eigenvalue weighted by atomic mass is 9.93. The molecule has 1 aromatic rings. The Morgan fingerprint density at radius 2 is 1.66 bits per heavy atom. The van der Waals surface area contributed by atoms with Crippen LogP contribution in [0.1, 0.15) is 97.4 Å². The summed E-state index contributed by atoms with van der Waals surface area (Å²) in [5.74, 6) is -0.727. The summed E-state index contributed by atoms with van der Waals surface area (Å²) in [5.41, 5.74) is 2.13. The highest BCUT2D eigenvalue weighted by Crippen LogP contribution is 2.29. The van der Waals surface area contributed by atoms with Crippen LogP contribution in [0.25, 0.3) is 0 Å². The predicted octanol–water partition coefficient (Wildman–Crippen LogP) is 5.44. The van der Waals surface area contributed by atoms with Crippen LogP contribution in [0.2, 0.25) is 0 Å². The Kier molecular flexibility index (Phi) is 11.7. The fraction of sp³-hybridized carbons (Fsp3) is 0.679. The molecule has 0 fully saturated rings. The zero-order valence-electron chi connectivity index (χ0n) is 23.5. The molecule has 1 rings (SSSR count). The highest BCUT2D eigenvalue weighted by Gasteiger charge is 2.39. The van der Waals surface area contributed by atoms with Crippen molar-refractivity contribution in [1.29, 1.82) is 0 Å². The number of carbonyl (C=O) groups excluding carboxylic acids is 3. The molecule has 0 saturated heterocycles. The van der Waals surface area contributed by atoms with Gasteiger partial charge in [0, 0.05) is 12.6 Å². The number of unbranched alkanes of at least 4 members (excludes halogenated alkanes) is 2. The molecular formula is C28H47N3O4. The largest absolute Gasteiger partial charge is 0.444 e. The van der Waals surface area contributed by atoms with Crippen LogP contribution in [0.3, 0.4) is 0 Å². The van der Waals surface area contributed by atoms with Gasteiger partial charge in [0.05, 0.1) is 0 Å². The van der Waals surface area contributed by atoms with E-state index in [4.69, 9.17) is 4.74 Å².